The molecule has 286 valence electrons. The number of rotatable bonds is 3. The van der Waals surface area contributed by atoms with E-state index in [1.54, 1.807) is 0 Å². The van der Waals surface area contributed by atoms with Crippen molar-refractivity contribution in [3.05, 3.63) is 206 Å². The van der Waals surface area contributed by atoms with Gasteiger partial charge < -0.3 is 4.42 Å². The first kappa shape index (κ1) is 34.0. The molecule has 0 saturated heterocycles. The molecule has 1 nitrogen and oxygen atoms in total. The lowest BCUT2D eigenvalue weighted by Crippen LogP contribution is -1.91. The van der Waals surface area contributed by atoms with Crippen LogP contribution >= 0.6 is 11.3 Å². The van der Waals surface area contributed by atoms with Gasteiger partial charge in [0, 0.05) is 41.7 Å². The minimum atomic E-state index is 0.895. The van der Waals surface area contributed by atoms with E-state index in [1.165, 1.54) is 113 Å². The molecule has 0 aliphatic carbocycles. The van der Waals surface area contributed by atoms with Gasteiger partial charge in [-0.2, -0.15) is 0 Å². The summed E-state index contributed by atoms with van der Waals surface area (Å²) in [6.07, 6.45) is 0. The van der Waals surface area contributed by atoms with Crippen molar-refractivity contribution in [1.82, 2.24) is 0 Å². The smallest absolute Gasteiger partial charge is 0.136 e. The molecule has 12 aromatic carbocycles. The topological polar surface area (TPSA) is 13.1 Å². The summed E-state index contributed by atoms with van der Waals surface area (Å²) in [7, 11) is 0. The summed E-state index contributed by atoms with van der Waals surface area (Å²) in [5, 5.41) is 20.2. The molecule has 0 unspecified atom stereocenters. The maximum absolute atomic E-state index is 6.70. The number of thiophene rings is 1. The lowest BCUT2D eigenvalue weighted by Gasteiger charge is -2.18. The molecule has 0 spiro atoms. The highest BCUT2D eigenvalue weighted by atomic mass is 32.1. The van der Waals surface area contributed by atoms with Crippen LogP contribution in [-0.2, 0) is 0 Å². The second-order valence-corrected chi connectivity index (χ2v) is 17.7. The monoisotopic (exact) mass is 802 g/mol. The van der Waals surface area contributed by atoms with Crippen molar-refractivity contribution in [3.63, 3.8) is 0 Å². The molecular formula is C60H34OS. The maximum atomic E-state index is 6.70. The standard InChI is InChI=1S/C60H34OS/c1-2-12-37-31-40(24-21-35(37)11-1)56-46-16-6-8-18-48(46)57(49-19-9-7-17-47(49)56)41-26-28-44-53-33-39(27-30-54(53)61-55(44)34-41)38-23-22-36-25-29-51-58-45-15-5-3-13-42(45)43-14-4-10-20-50(43)60(58)62-59(51)52(36)32-38/h1-34H. The fraction of sp³-hybridized carbons (Fsp3) is 0. The molecular weight excluding hydrogens is 769 g/mol. The second kappa shape index (κ2) is 12.9. The minimum absolute atomic E-state index is 0.895. The zero-order chi connectivity index (χ0) is 40.5. The molecule has 2 aromatic heterocycles. The Morgan fingerprint density at radius 2 is 0.758 bits per heavy atom. The van der Waals surface area contributed by atoms with E-state index in [0.29, 0.717) is 0 Å². The van der Waals surface area contributed by atoms with Crippen LogP contribution in [0.3, 0.4) is 0 Å². The van der Waals surface area contributed by atoms with Crippen LogP contribution in [0.2, 0.25) is 0 Å². The Balaban J connectivity index is 0.920. The molecule has 2 heteroatoms. The molecule has 0 aliphatic heterocycles. The quantitative estimate of drug-likeness (QED) is 0.128. The first-order valence-electron chi connectivity index (χ1n) is 21.3. The molecule has 62 heavy (non-hydrogen) atoms. The van der Waals surface area contributed by atoms with Crippen LogP contribution in [0.1, 0.15) is 0 Å². The predicted molar refractivity (Wildman–Crippen MR) is 268 cm³/mol. The van der Waals surface area contributed by atoms with E-state index in [4.69, 9.17) is 4.42 Å². The van der Waals surface area contributed by atoms with Crippen molar-refractivity contribution < 1.29 is 4.42 Å². The number of hydrogen-bond acceptors (Lipinski definition) is 2. The van der Waals surface area contributed by atoms with Gasteiger partial charge in [-0.25, -0.2) is 0 Å². The summed E-state index contributed by atoms with van der Waals surface area (Å²) in [4.78, 5) is 0. The minimum Gasteiger partial charge on any atom is -0.456 e. The van der Waals surface area contributed by atoms with E-state index in [9.17, 15) is 0 Å². The molecule has 0 atom stereocenters. The Kier molecular flexibility index (Phi) is 7.05. The summed E-state index contributed by atoms with van der Waals surface area (Å²) >= 11 is 1.93. The van der Waals surface area contributed by atoms with Crippen molar-refractivity contribution >= 4 is 118 Å². The molecule has 2 heterocycles. The highest BCUT2D eigenvalue weighted by Gasteiger charge is 2.20. The maximum Gasteiger partial charge on any atom is 0.136 e. The number of furan rings is 1. The van der Waals surface area contributed by atoms with Gasteiger partial charge in [0.05, 0.1) is 0 Å². The van der Waals surface area contributed by atoms with Gasteiger partial charge in [-0.15, -0.1) is 11.3 Å². The first-order valence-corrected chi connectivity index (χ1v) is 22.1. The third kappa shape index (κ3) is 4.84. The van der Waals surface area contributed by atoms with E-state index in [-0.39, 0.29) is 0 Å². The molecule has 14 rings (SSSR count). The zero-order valence-electron chi connectivity index (χ0n) is 33.4. The first-order chi connectivity index (χ1) is 30.7. The number of hydrogen-bond donors (Lipinski definition) is 0. The Morgan fingerprint density at radius 3 is 1.48 bits per heavy atom. The Labute approximate surface area is 360 Å². The van der Waals surface area contributed by atoms with Gasteiger partial charge in [0.2, 0.25) is 0 Å². The van der Waals surface area contributed by atoms with E-state index in [0.717, 1.165) is 27.5 Å². The molecule has 0 fully saturated rings. The molecule has 0 bridgehead atoms. The van der Waals surface area contributed by atoms with E-state index >= 15 is 0 Å². The van der Waals surface area contributed by atoms with E-state index < -0.39 is 0 Å². The molecule has 0 aliphatic rings. The zero-order valence-corrected chi connectivity index (χ0v) is 34.3. The fourth-order valence-electron chi connectivity index (χ4n) is 10.6. The third-order valence-corrected chi connectivity index (χ3v) is 14.7. The highest BCUT2D eigenvalue weighted by Crippen LogP contribution is 2.48. The van der Waals surface area contributed by atoms with Crippen molar-refractivity contribution in [2.75, 3.05) is 0 Å². The molecule has 14 aromatic rings. The Hall–Kier alpha value is -7.78. The van der Waals surface area contributed by atoms with Gasteiger partial charge in [-0.1, -0.05) is 170 Å². The molecule has 0 amide bonds. The molecule has 0 saturated carbocycles. The van der Waals surface area contributed by atoms with Crippen LogP contribution in [0.4, 0.5) is 0 Å². The summed E-state index contributed by atoms with van der Waals surface area (Å²) < 4.78 is 9.40. The van der Waals surface area contributed by atoms with Crippen LogP contribution in [0.15, 0.2) is 211 Å². The van der Waals surface area contributed by atoms with Crippen LogP contribution in [0.5, 0.6) is 0 Å². The summed E-state index contributed by atoms with van der Waals surface area (Å²) in [6, 6.07) is 76.1. The van der Waals surface area contributed by atoms with Gasteiger partial charge in [-0.3, -0.25) is 0 Å². The van der Waals surface area contributed by atoms with E-state index in [1.807, 2.05) is 11.3 Å². The van der Waals surface area contributed by atoms with Crippen LogP contribution in [-0.4, -0.2) is 0 Å². The lowest BCUT2D eigenvalue weighted by molar-refractivity contribution is 0.669. The molecule has 0 N–H and O–H groups in total. The summed E-state index contributed by atoms with van der Waals surface area (Å²) in [5.74, 6) is 0. The lowest BCUT2D eigenvalue weighted by atomic mass is 9.85. The fourth-order valence-corrected chi connectivity index (χ4v) is 12.0. The predicted octanol–water partition coefficient (Wildman–Crippen LogP) is 17.9. The van der Waals surface area contributed by atoms with Crippen molar-refractivity contribution in [3.8, 4) is 33.4 Å². The second-order valence-electron chi connectivity index (χ2n) is 16.7. The average Bonchev–Trinajstić information content (AvgIpc) is 3.92. The normalized spacial score (nSPS) is 12.2. The molecule has 0 radical (unpaired) electrons. The Bertz CT molecular complexity index is 4160. The Morgan fingerprint density at radius 1 is 0.258 bits per heavy atom. The number of fused-ring (bicyclic) bond motifs is 16. The van der Waals surface area contributed by atoms with Crippen LogP contribution in [0, 0.1) is 0 Å². The van der Waals surface area contributed by atoms with Gasteiger partial charge in [0.1, 0.15) is 11.2 Å². The largest absolute Gasteiger partial charge is 0.456 e. The van der Waals surface area contributed by atoms with Crippen molar-refractivity contribution in [1.29, 1.82) is 0 Å². The van der Waals surface area contributed by atoms with Crippen LogP contribution in [0.25, 0.3) is 140 Å². The van der Waals surface area contributed by atoms with Gasteiger partial charge >= 0.3 is 0 Å². The van der Waals surface area contributed by atoms with E-state index in [2.05, 4.69) is 206 Å². The number of benzene rings is 12. The van der Waals surface area contributed by atoms with Crippen molar-refractivity contribution in [2.24, 2.45) is 0 Å². The van der Waals surface area contributed by atoms with Crippen molar-refractivity contribution in [2.45, 2.75) is 0 Å². The summed E-state index contributed by atoms with van der Waals surface area (Å²) in [6.45, 7) is 0. The van der Waals surface area contributed by atoms with Gasteiger partial charge in [0.15, 0.2) is 0 Å². The van der Waals surface area contributed by atoms with Gasteiger partial charge in [-0.05, 0) is 124 Å². The van der Waals surface area contributed by atoms with Crippen LogP contribution < -0.4 is 0 Å². The highest BCUT2D eigenvalue weighted by molar-refractivity contribution is 7.27. The third-order valence-electron chi connectivity index (χ3n) is 13.4. The SMILES string of the molecule is c1ccc2cc(-c3c4ccccc4c(-c4ccc5c(c4)oc4ccc(-c6ccc7ccc8c(sc9c%10ccccc%10c%10ccccc%10c89)c7c6)cc45)c4ccccc34)ccc2c1. The van der Waals surface area contributed by atoms with Gasteiger partial charge in [0.25, 0.3) is 0 Å². The summed E-state index contributed by atoms with van der Waals surface area (Å²) in [5.41, 5.74) is 9.06. The average molecular weight is 803 g/mol.